The van der Waals surface area contributed by atoms with Gasteiger partial charge in [0.25, 0.3) is 5.91 Å². The third-order valence-electron chi connectivity index (χ3n) is 6.81. The minimum atomic E-state index is -0.0749. The molecule has 0 radical (unpaired) electrons. The van der Waals surface area contributed by atoms with Gasteiger partial charge in [0.2, 0.25) is 5.91 Å². The number of hydrogen-bond donors (Lipinski definition) is 1. The van der Waals surface area contributed by atoms with Crippen molar-refractivity contribution in [2.45, 2.75) is 45.6 Å². The van der Waals surface area contributed by atoms with Gasteiger partial charge in [-0.15, -0.1) is 0 Å². The summed E-state index contributed by atoms with van der Waals surface area (Å²) in [5.41, 5.74) is 4.70. The van der Waals surface area contributed by atoms with Crippen LogP contribution >= 0.6 is 0 Å². The lowest BCUT2D eigenvalue weighted by molar-refractivity contribution is -0.126. The van der Waals surface area contributed by atoms with E-state index in [9.17, 15) is 9.59 Å². The normalized spacial score (nSPS) is 18.4. The molecule has 0 spiro atoms. The Morgan fingerprint density at radius 3 is 2.65 bits per heavy atom. The Labute approximate surface area is 199 Å². The number of amides is 2. The standard InChI is InChI=1S/C27H30N4O3/c1-19-6-5-7-20(14-19)15-28-26(32)22-10-12-30(13-11-22)27(33)25-23-17-34-24(16-31(23)18-29-25)21-8-3-2-4-9-21/h2-9,14,18,22,24H,10-13,15-17H2,1H3,(H,28,32)/t24-/m0/s1. The smallest absolute Gasteiger partial charge is 0.274 e. The minimum Gasteiger partial charge on any atom is -0.365 e. The highest BCUT2D eigenvalue weighted by atomic mass is 16.5. The molecule has 2 aliphatic heterocycles. The van der Waals surface area contributed by atoms with Gasteiger partial charge in [0.1, 0.15) is 6.10 Å². The Bertz CT molecular complexity index is 1170. The van der Waals surface area contributed by atoms with Crippen molar-refractivity contribution in [1.82, 2.24) is 19.8 Å². The van der Waals surface area contributed by atoms with Gasteiger partial charge in [-0.05, 0) is 30.9 Å². The molecule has 1 aromatic heterocycles. The molecule has 5 rings (SSSR count). The van der Waals surface area contributed by atoms with Gasteiger partial charge in [0.15, 0.2) is 5.69 Å². The first-order valence-corrected chi connectivity index (χ1v) is 11.9. The Morgan fingerprint density at radius 2 is 1.88 bits per heavy atom. The topological polar surface area (TPSA) is 76.5 Å². The number of hydrogen-bond acceptors (Lipinski definition) is 4. The summed E-state index contributed by atoms with van der Waals surface area (Å²) >= 11 is 0. The van der Waals surface area contributed by atoms with Crippen LogP contribution < -0.4 is 5.32 Å². The fourth-order valence-electron chi connectivity index (χ4n) is 4.83. The molecule has 0 aliphatic carbocycles. The van der Waals surface area contributed by atoms with Crippen molar-refractivity contribution in [2.75, 3.05) is 13.1 Å². The van der Waals surface area contributed by atoms with E-state index in [1.807, 2.05) is 52.8 Å². The van der Waals surface area contributed by atoms with Gasteiger partial charge in [-0.2, -0.15) is 0 Å². The number of ether oxygens (including phenoxy) is 1. The third-order valence-corrected chi connectivity index (χ3v) is 6.81. The number of benzene rings is 2. The molecule has 2 aliphatic rings. The first-order valence-electron chi connectivity index (χ1n) is 11.9. The number of carbonyl (C=O) groups is 2. The van der Waals surface area contributed by atoms with Gasteiger partial charge in [-0.1, -0.05) is 60.2 Å². The van der Waals surface area contributed by atoms with E-state index in [-0.39, 0.29) is 23.8 Å². The number of fused-ring (bicyclic) bond motifs is 1. The highest BCUT2D eigenvalue weighted by Crippen LogP contribution is 2.28. The first-order chi connectivity index (χ1) is 16.6. The highest BCUT2D eigenvalue weighted by Gasteiger charge is 2.32. The number of nitrogens with one attached hydrogen (secondary N) is 1. The molecule has 0 unspecified atom stereocenters. The molecule has 3 heterocycles. The number of rotatable bonds is 5. The zero-order valence-corrected chi connectivity index (χ0v) is 19.4. The number of aromatic nitrogens is 2. The van der Waals surface area contributed by atoms with Crippen LogP contribution in [0.5, 0.6) is 0 Å². The number of likely N-dealkylation sites (tertiary alicyclic amines) is 1. The quantitative estimate of drug-likeness (QED) is 0.634. The third kappa shape index (κ3) is 4.75. The fourth-order valence-corrected chi connectivity index (χ4v) is 4.83. The van der Waals surface area contributed by atoms with Crippen LogP contribution in [0, 0.1) is 12.8 Å². The van der Waals surface area contributed by atoms with E-state index < -0.39 is 0 Å². The van der Waals surface area contributed by atoms with Gasteiger partial charge in [-0.3, -0.25) is 9.59 Å². The molecule has 7 heteroatoms. The van der Waals surface area contributed by atoms with Crippen LogP contribution in [0.2, 0.25) is 0 Å². The summed E-state index contributed by atoms with van der Waals surface area (Å²) in [6.07, 6.45) is 3.02. The minimum absolute atomic E-state index is 0.0417. The fraction of sp³-hybridized carbons (Fsp3) is 0.370. The Hall–Kier alpha value is -3.45. The number of carbonyl (C=O) groups excluding carboxylic acids is 2. The van der Waals surface area contributed by atoms with E-state index >= 15 is 0 Å². The van der Waals surface area contributed by atoms with Crippen molar-refractivity contribution in [1.29, 1.82) is 0 Å². The molecule has 2 aromatic carbocycles. The van der Waals surface area contributed by atoms with Gasteiger partial charge in [0, 0.05) is 25.6 Å². The molecular weight excluding hydrogens is 428 g/mol. The Morgan fingerprint density at radius 1 is 1.09 bits per heavy atom. The predicted molar refractivity (Wildman–Crippen MR) is 128 cm³/mol. The molecule has 0 saturated carbocycles. The van der Waals surface area contributed by atoms with Gasteiger partial charge in [0.05, 0.1) is 25.2 Å². The molecular formula is C27H30N4O3. The van der Waals surface area contributed by atoms with Crippen molar-refractivity contribution in [3.63, 3.8) is 0 Å². The predicted octanol–water partition coefficient (Wildman–Crippen LogP) is 3.63. The lowest BCUT2D eigenvalue weighted by Gasteiger charge is -2.31. The first kappa shape index (κ1) is 22.3. The van der Waals surface area contributed by atoms with Crippen LogP contribution in [-0.2, 0) is 29.2 Å². The van der Waals surface area contributed by atoms with Crippen LogP contribution in [0.4, 0.5) is 0 Å². The van der Waals surface area contributed by atoms with Gasteiger partial charge < -0.3 is 19.5 Å². The summed E-state index contributed by atoms with van der Waals surface area (Å²) in [7, 11) is 0. The summed E-state index contributed by atoms with van der Waals surface area (Å²) in [5, 5.41) is 3.05. The Balaban J connectivity index is 1.15. The molecule has 1 saturated heterocycles. The van der Waals surface area contributed by atoms with E-state index in [0.717, 1.165) is 16.8 Å². The van der Waals surface area contributed by atoms with E-state index in [0.29, 0.717) is 51.3 Å². The molecule has 2 amide bonds. The maximum Gasteiger partial charge on any atom is 0.274 e. The van der Waals surface area contributed by atoms with Crippen molar-refractivity contribution >= 4 is 11.8 Å². The molecule has 7 nitrogen and oxygen atoms in total. The van der Waals surface area contributed by atoms with Crippen molar-refractivity contribution < 1.29 is 14.3 Å². The van der Waals surface area contributed by atoms with Crippen molar-refractivity contribution in [3.05, 3.63) is 89.0 Å². The molecule has 3 aromatic rings. The lowest BCUT2D eigenvalue weighted by Crippen LogP contribution is -2.43. The Kier molecular flexibility index (Phi) is 6.45. The van der Waals surface area contributed by atoms with E-state index in [4.69, 9.17) is 4.74 Å². The van der Waals surface area contributed by atoms with E-state index in [1.54, 1.807) is 6.33 Å². The summed E-state index contributed by atoms with van der Waals surface area (Å²) < 4.78 is 8.09. The monoisotopic (exact) mass is 458 g/mol. The number of imidazole rings is 1. The van der Waals surface area contributed by atoms with Crippen LogP contribution in [0.15, 0.2) is 60.9 Å². The molecule has 0 bridgehead atoms. The molecule has 34 heavy (non-hydrogen) atoms. The number of aryl methyl sites for hydroxylation is 1. The van der Waals surface area contributed by atoms with E-state index in [1.165, 1.54) is 5.56 Å². The number of piperidine rings is 1. The zero-order chi connectivity index (χ0) is 23.5. The average Bonchev–Trinajstić information content (AvgIpc) is 3.31. The molecule has 1 fully saturated rings. The maximum absolute atomic E-state index is 13.2. The highest BCUT2D eigenvalue weighted by molar-refractivity contribution is 5.93. The van der Waals surface area contributed by atoms with Crippen LogP contribution in [0.25, 0.3) is 0 Å². The molecule has 1 N–H and O–H groups in total. The van der Waals surface area contributed by atoms with Gasteiger partial charge in [-0.25, -0.2) is 4.98 Å². The van der Waals surface area contributed by atoms with Crippen LogP contribution in [0.3, 0.4) is 0 Å². The lowest BCUT2D eigenvalue weighted by atomic mass is 9.95. The zero-order valence-electron chi connectivity index (χ0n) is 19.4. The number of nitrogens with zero attached hydrogens (tertiary/aromatic N) is 3. The van der Waals surface area contributed by atoms with Crippen molar-refractivity contribution in [3.8, 4) is 0 Å². The van der Waals surface area contributed by atoms with Crippen LogP contribution in [0.1, 0.15) is 51.8 Å². The van der Waals surface area contributed by atoms with Gasteiger partial charge >= 0.3 is 0 Å². The summed E-state index contributed by atoms with van der Waals surface area (Å²) in [6, 6.07) is 18.3. The van der Waals surface area contributed by atoms with Crippen LogP contribution in [-0.4, -0.2) is 39.4 Å². The molecule has 1 atom stereocenters. The summed E-state index contributed by atoms with van der Waals surface area (Å²) in [4.78, 5) is 32.1. The SMILES string of the molecule is Cc1cccc(CNC(=O)C2CCN(C(=O)c3ncn4c3CO[C@H](c3ccccc3)C4)CC2)c1. The van der Waals surface area contributed by atoms with Crippen molar-refractivity contribution in [2.24, 2.45) is 5.92 Å². The second-order valence-corrected chi connectivity index (χ2v) is 9.18. The van der Waals surface area contributed by atoms with E-state index in [2.05, 4.69) is 28.5 Å². The largest absolute Gasteiger partial charge is 0.365 e. The summed E-state index contributed by atoms with van der Waals surface area (Å²) in [5.74, 6) is -0.0813. The second kappa shape index (κ2) is 9.81. The molecule has 176 valence electrons. The average molecular weight is 459 g/mol. The maximum atomic E-state index is 13.2. The summed E-state index contributed by atoms with van der Waals surface area (Å²) in [6.45, 7) is 4.69. The second-order valence-electron chi connectivity index (χ2n) is 9.18.